The van der Waals surface area contributed by atoms with E-state index in [0.717, 1.165) is 22.4 Å². The SMILES string of the molecule is Cc1nc2ccc(-c3n[nH]c(CC(=O)O)c3Br)cc2[nH]1. The number of carbonyl (C=O) groups is 1. The Balaban J connectivity index is 2.06. The van der Waals surface area contributed by atoms with E-state index in [4.69, 9.17) is 5.11 Å². The van der Waals surface area contributed by atoms with Crippen LogP contribution in [0.1, 0.15) is 11.5 Å². The second kappa shape index (κ2) is 4.75. The maximum Gasteiger partial charge on any atom is 0.309 e. The van der Waals surface area contributed by atoms with Crippen molar-refractivity contribution in [2.45, 2.75) is 13.3 Å². The van der Waals surface area contributed by atoms with Crippen LogP contribution < -0.4 is 0 Å². The summed E-state index contributed by atoms with van der Waals surface area (Å²) < 4.78 is 0.676. The van der Waals surface area contributed by atoms with Crippen LogP contribution in [0.15, 0.2) is 22.7 Å². The molecule has 3 N–H and O–H groups in total. The molecular weight excluding hydrogens is 324 g/mol. The van der Waals surface area contributed by atoms with E-state index in [0.29, 0.717) is 15.9 Å². The van der Waals surface area contributed by atoms with Crippen LogP contribution in [-0.4, -0.2) is 31.2 Å². The Morgan fingerprint density at radius 2 is 2.25 bits per heavy atom. The number of aryl methyl sites for hydroxylation is 1. The van der Waals surface area contributed by atoms with Gasteiger partial charge < -0.3 is 10.1 Å². The van der Waals surface area contributed by atoms with Crippen molar-refractivity contribution < 1.29 is 9.90 Å². The highest BCUT2D eigenvalue weighted by molar-refractivity contribution is 9.10. The van der Waals surface area contributed by atoms with Crippen molar-refractivity contribution in [3.63, 3.8) is 0 Å². The van der Waals surface area contributed by atoms with E-state index in [9.17, 15) is 4.79 Å². The molecule has 0 aliphatic rings. The van der Waals surface area contributed by atoms with Gasteiger partial charge >= 0.3 is 5.97 Å². The molecule has 1 aromatic carbocycles. The van der Waals surface area contributed by atoms with Gasteiger partial charge in [0.1, 0.15) is 11.5 Å². The topological polar surface area (TPSA) is 94.7 Å². The molecule has 0 saturated carbocycles. The molecule has 0 fully saturated rings. The summed E-state index contributed by atoms with van der Waals surface area (Å²) in [5.41, 5.74) is 3.95. The summed E-state index contributed by atoms with van der Waals surface area (Å²) in [6.07, 6.45) is -0.0982. The zero-order valence-electron chi connectivity index (χ0n) is 10.6. The second-order valence-electron chi connectivity index (χ2n) is 4.49. The van der Waals surface area contributed by atoms with Gasteiger partial charge in [0.25, 0.3) is 0 Å². The number of fused-ring (bicyclic) bond motifs is 1. The first kappa shape index (κ1) is 12.9. The van der Waals surface area contributed by atoms with Gasteiger partial charge in [-0.05, 0) is 35.0 Å². The number of rotatable bonds is 3. The molecule has 0 atom stereocenters. The van der Waals surface area contributed by atoms with E-state index in [1.807, 2.05) is 25.1 Å². The summed E-state index contributed by atoms with van der Waals surface area (Å²) >= 11 is 3.40. The molecule has 7 heteroatoms. The van der Waals surface area contributed by atoms with Gasteiger partial charge in [-0.3, -0.25) is 9.89 Å². The van der Waals surface area contributed by atoms with Crippen LogP contribution in [0, 0.1) is 6.92 Å². The smallest absolute Gasteiger partial charge is 0.309 e. The molecule has 20 heavy (non-hydrogen) atoms. The van der Waals surface area contributed by atoms with E-state index >= 15 is 0 Å². The van der Waals surface area contributed by atoms with Crippen LogP contribution >= 0.6 is 15.9 Å². The molecule has 102 valence electrons. The number of carboxylic acid groups (broad SMARTS) is 1. The highest BCUT2D eigenvalue weighted by atomic mass is 79.9. The molecule has 2 aromatic heterocycles. The number of H-pyrrole nitrogens is 2. The van der Waals surface area contributed by atoms with Crippen LogP contribution in [0.5, 0.6) is 0 Å². The average Bonchev–Trinajstić information content (AvgIpc) is 2.91. The third-order valence-electron chi connectivity index (χ3n) is 2.98. The number of aliphatic carboxylic acids is 1. The van der Waals surface area contributed by atoms with Gasteiger partial charge in [-0.1, -0.05) is 6.07 Å². The quantitative estimate of drug-likeness (QED) is 0.686. The Morgan fingerprint density at radius 3 is 3.00 bits per heavy atom. The van der Waals surface area contributed by atoms with Gasteiger partial charge in [0.2, 0.25) is 0 Å². The third-order valence-corrected chi connectivity index (χ3v) is 3.83. The van der Waals surface area contributed by atoms with Gasteiger partial charge in [0.05, 0.1) is 27.6 Å². The normalized spacial score (nSPS) is 11.1. The van der Waals surface area contributed by atoms with Crippen molar-refractivity contribution in [1.29, 1.82) is 0 Å². The first-order valence-electron chi connectivity index (χ1n) is 5.96. The van der Waals surface area contributed by atoms with Crippen molar-refractivity contribution in [3.05, 3.63) is 34.2 Å². The zero-order valence-corrected chi connectivity index (χ0v) is 12.2. The van der Waals surface area contributed by atoms with Crippen molar-refractivity contribution in [1.82, 2.24) is 20.2 Å². The van der Waals surface area contributed by atoms with Crippen molar-refractivity contribution in [2.75, 3.05) is 0 Å². The van der Waals surface area contributed by atoms with Crippen LogP contribution in [0.2, 0.25) is 0 Å². The molecule has 3 aromatic rings. The molecule has 0 aliphatic carbocycles. The number of benzene rings is 1. The number of hydrogen-bond donors (Lipinski definition) is 3. The number of halogens is 1. The highest BCUT2D eigenvalue weighted by Crippen LogP contribution is 2.30. The summed E-state index contributed by atoms with van der Waals surface area (Å²) in [6.45, 7) is 1.90. The first-order chi connectivity index (χ1) is 9.54. The first-order valence-corrected chi connectivity index (χ1v) is 6.75. The van der Waals surface area contributed by atoms with E-state index < -0.39 is 5.97 Å². The van der Waals surface area contributed by atoms with Gasteiger partial charge in [-0.25, -0.2) is 4.98 Å². The van der Waals surface area contributed by atoms with Crippen LogP contribution in [0.25, 0.3) is 22.3 Å². The standard InChI is InChI=1S/C13H11BrN4O2/c1-6-15-8-3-2-7(4-9(8)16-6)13-12(14)10(17-18-13)5-11(19)20/h2-4H,5H2,1H3,(H,15,16)(H,17,18)(H,19,20). The molecular formula is C13H11BrN4O2. The maximum atomic E-state index is 10.8. The largest absolute Gasteiger partial charge is 0.481 e. The minimum atomic E-state index is -0.902. The van der Waals surface area contributed by atoms with E-state index in [-0.39, 0.29) is 6.42 Å². The van der Waals surface area contributed by atoms with Crippen molar-refractivity contribution >= 4 is 32.9 Å². The molecule has 0 radical (unpaired) electrons. The van der Waals surface area contributed by atoms with E-state index in [1.54, 1.807) is 0 Å². The molecule has 0 aliphatic heterocycles. The fraction of sp³-hybridized carbons (Fsp3) is 0.154. The average molecular weight is 335 g/mol. The fourth-order valence-corrected chi connectivity index (χ4v) is 2.65. The van der Waals surface area contributed by atoms with Crippen LogP contribution in [-0.2, 0) is 11.2 Å². The van der Waals surface area contributed by atoms with Crippen LogP contribution in [0.3, 0.4) is 0 Å². The van der Waals surface area contributed by atoms with E-state index in [2.05, 4.69) is 36.1 Å². The molecule has 3 rings (SSSR count). The lowest BCUT2D eigenvalue weighted by molar-refractivity contribution is -0.136. The van der Waals surface area contributed by atoms with Gasteiger partial charge in [0, 0.05) is 5.56 Å². The molecule has 0 amide bonds. The monoisotopic (exact) mass is 334 g/mol. The number of carboxylic acids is 1. The lowest BCUT2D eigenvalue weighted by atomic mass is 10.1. The fourth-order valence-electron chi connectivity index (χ4n) is 2.11. The Kier molecular flexibility index (Phi) is 3.06. The van der Waals surface area contributed by atoms with Gasteiger partial charge in [-0.2, -0.15) is 5.10 Å². The summed E-state index contributed by atoms with van der Waals surface area (Å²) in [7, 11) is 0. The van der Waals surface area contributed by atoms with Gasteiger partial charge in [-0.15, -0.1) is 0 Å². The molecule has 0 saturated heterocycles. The molecule has 0 bridgehead atoms. The van der Waals surface area contributed by atoms with Gasteiger partial charge in [0.15, 0.2) is 0 Å². The lowest BCUT2D eigenvalue weighted by Crippen LogP contribution is -2.00. The minimum Gasteiger partial charge on any atom is -0.481 e. The second-order valence-corrected chi connectivity index (χ2v) is 5.28. The highest BCUT2D eigenvalue weighted by Gasteiger charge is 2.15. The molecule has 6 nitrogen and oxygen atoms in total. The lowest BCUT2D eigenvalue weighted by Gasteiger charge is -1.98. The molecule has 2 heterocycles. The zero-order chi connectivity index (χ0) is 14.3. The van der Waals surface area contributed by atoms with Crippen molar-refractivity contribution in [2.24, 2.45) is 0 Å². The predicted octanol–water partition coefficient (Wildman–Crippen LogP) is 2.65. The summed E-state index contributed by atoms with van der Waals surface area (Å²) in [4.78, 5) is 18.3. The summed E-state index contributed by atoms with van der Waals surface area (Å²) in [6, 6.07) is 5.76. The molecule has 0 spiro atoms. The van der Waals surface area contributed by atoms with Crippen LogP contribution in [0.4, 0.5) is 0 Å². The van der Waals surface area contributed by atoms with Crippen molar-refractivity contribution in [3.8, 4) is 11.3 Å². The number of hydrogen-bond acceptors (Lipinski definition) is 3. The number of aromatic nitrogens is 4. The summed E-state index contributed by atoms with van der Waals surface area (Å²) in [5.74, 6) is -0.0506. The Bertz CT molecular complexity index is 806. The molecule has 0 unspecified atom stereocenters. The number of nitrogens with one attached hydrogen (secondary N) is 2. The minimum absolute atomic E-state index is 0.0982. The maximum absolute atomic E-state index is 10.8. The Hall–Kier alpha value is -2.15. The van der Waals surface area contributed by atoms with E-state index in [1.165, 1.54) is 0 Å². The Labute approximate surface area is 122 Å². The third kappa shape index (κ3) is 2.20. The number of aromatic amines is 2. The predicted molar refractivity (Wildman–Crippen MR) is 77.5 cm³/mol. The Morgan fingerprint density at radius 1 is 1.45 bits per heavy atom. The number of imidazole rings is 1. The summed E-state index contributed by atoms with van der Waals surface area (Å²) in [5, 5.41) is 15.8. The number of nitrogens with zero attached hydrogens (tertiary/aromatic N) is 2.